The molecule has 1 saturated carbocycles. The second-order valence-corrected chi connectivity index (χ2v) is 5.69. The van der Waals surface area contributed by atoms with Gasteiger partial charge in [-0.3, -0.25) is 4.79 Å². The van der Waals surface area contributed by atoms with Gasteiger partial charge in [-0.1, -0.05) is 32.0 Å². The molecule has 1 amide bonds. The molecule has 3 nitrogen and oxygen atoms in total. The molecule has 0 spiro atoms. The Morgan fingerprint density at radius 3 is 2.42 bits per heavy atom. The molecule has 0 aliphatic heterocycles. The summed E-state index contributed by atoms with van der Waals surface area (Å²) in [6.07, 6.45) is 1.86. The number of carbonyl (C=O) groups is 1. The molecule has 0 heterocycles. The van der Waals surface area contributed by atoms with Crippen LogP contribution >= 0.6 is 0 Å². The van der Waals surface area contributed by atoms with E-state index in [1.807, 2.05) is 42.2 Å². The van der Waals surface area contributed by atoms with Crippen molar-refractivity contribution < 1.29 is 9.53 Å². The number of hydrogen-bond acceptors (Lipinski definition) is 2. The summed E-state index contributed by atoms with van der Waals surface area (Å²) in [5, 5.41) is 0. The Bertz CT molecular complexity index is 412. The Labute approximate surface area is 115 Å². The van der Waals surface area contributed by atoms with Gasteiger partial charge in [-0.15, -0.1) is 0 Å². The van der Waals surface area contributed by atoms with Crippen molar-refractivity contribution in [1.29, 1.82) is 0 Å². The summed E-state index contributed by atoms with van der Waals surface area (Å²) in [5.74, 6) is 1.36. The van der Waals surface area contributed by atoms with Crippen molar-refractivity contribution in [3.8, 4) is 5.75 Å². The molecular weight excluding hydrogens is 238 g/mol. The minimum Gasteiger partial charge on any atom is -0.481 e. The fourth-order valence-electron chi connectivity index (χ4n) is 2.19. The maximum Gasteiger partial charge on any atom is 0.263 e. The monoisotopic (exact) mass is 261 g/mol. The van der Waals surface area contributed by atoms with E-state index in [4.69, 9.17) is 4.74 Å². The SMILES string of the molecule is CC(C)CN(C(=O)C(C)Oc1ccccc1)C1CC1. The first-order valence-electron chi connectivity index (χ1n) is 7.10. The Morgan fingerprint density at radius 1 is 1.26 bits per heavy atom. The van der Waals surface area contributed by atoms with Gasteiger partial charge in [0.15, 0.2) is 6.10 Å². The van der Waals surface area contributed by atoms with E-state index in [2.05, 4.69) is 13.8 Å². The Kier molecular flexibility index (Phi) is 4.46. The van der Waals surface area contributed by atoms with Gasteiger partial charge in [0.2, 0.25) is 0 Å². The van der Waals surface area contributed by atoms with Crippen LogP contribution in [0.5, 0.6) is 5.75 Å². The molecule has 0 saturated heterocycles. The highest BCUT2D eigenvalue weighted by Crippen LogP contribution is 2.28. The molecule has 1 atom stereocenters. The molecular formula is C16H23NO2. The van der Waals surface area contributed by atoms with E-state index in [0.29, 0.717) is 12.0 Å². The summed E-state index contributed by atoms with van der Waals surface area (Å²) in [6.45, 7) is 6.95. The molecule has 1 aliphatic rings. The van der Waals surface area contributed by atoms with Crippen LogP contribution in [0.4, 0.5) is 0 Å². The minimum atomic E-state index is -0.415. The first-order valence-corrected chi connectivity index (χ1v) is 7.10. The Hall–Kier alpha value is -1.51. The maximum atomic E-state index is 12.5. The zero-order valence-corrected chi connectivity index (χ0v) is 12.0. The van der Waals surface area contributed by atoms with Gasteiger partial charge in [0.1, 0.15) is 5.75 Å². The molecule has 1 aromatic rings. The van der Waals surface area contributed by atoms with Crippen LogP contribution in [0.25, 0.3) is 0 Å². The Morgan fingerprint density at radius 2 is 1.89 bits per heavy atom. The second kappa shape index (κ2) is 6.09. The number of benzene rings is 1. The lowest BCUT2D eigenvalue weighted by Crippen LogP contribution is -2.43. The van der Waals surface area contributed by atoms with E-state index in [1.165, 1.54) is 0 Å². The van der Waals surface area contributed by atoms with Crippen LogP contribution in [-0.2, 0) is 4.79 Å². The van der Waals surface area contributed by atoms with E-state index in [0.717, 1.165) is 25.1 Å². The third-order valence-corrected chi connectivity index (χ3v) is 3.24. The molecule has 19 heavy (non-hydrogen) atoms. The van der Waals surface area contributed by atoms with Crippen molar-refractivity contribution in [3.05, 3.63) is 30.3 Å². The van der Waals surface area contributed by atoms with Crippen LogP contribution in [0.15, 0.2) is 30.3 Å². The summed E-state index contributed by atoms with van der Waals surface area (Å²) < 4.78 is 5.73. The number of carbonyl (C=O) groups excluding carboxylic acids is 1. The normalized spacial score (nSPS) is 16.2. The summed E-state index contributed by atoms with van der Waals surface area (Å²) in [6, 6.07) is 9.98. The average molecular weight is 261 g/mol. The fraction of sp³-hybridized carbons (Fsp3) is 0.562. The number of ether oxygens (including phenoxy) is 1. The van der Waals surface area contributed by atoms with E-state index in [9.17, 15) is 4.79 Å². The van der Waals surface area contributed by atoms with Gasteiger partial charge in [0, 0.05) is 12.6 Å². The molecule has 1 aromatic carbocycles. The van der Waals surface area contributed by atoms with Gasteiger partial charge in [0.25, 0.3) is 5.91 Å². The van der Waals surface area contributed by atoms with Crippen LogP contribution in [-0.4, -0.2) is 29.5 Å². The van der Waals surface area contributed by atoms with Crippen LogP contribution in [0, 0.1) is 5.92 Å². The van der Waals surface area contributed by atoms with E-state index in [-0.39, 0.29) is 5.91 Å². The predicted octanol–water partition coefficient (Wildman–Crippen LogP) is 3.10. The quantitative estimate of drug-likeness (QED) is 0.787. The molecule has 0 radical (unpaired) electrons. The zero-order valence-electron chi connectivity index (χ0n) is 12.0. The van der Waals surface area contributed by atoms with Gasteiger partial charge < -0.3 is 9.64 Å². The molecule has 1 aliphatic carbocycles. The molecule has 2 rings (SSSR count). The smallest absolute Gasteiger partial charge is 0.263 e. The number of nitrogens with zero attached hydrogens (tertiary/aromatic N) is 1. The van der Waals surface area contributed by atoms with Crippen molar-refractivity contribution in [1.82, 2.24) is 4.90 Å². The molecule has 0 N–H and O–H groups in total. The first-order chi connectivity index (χ1) is 9.08. The third kappa shape index (κ3) is 3.98. The number of para-hydroxylation sites is 1. The number of rotatable bonds is 6. The van der Waals surface area contributed by atoms with Crippen molar-refractivity contribution in [3.63, 3.8) is 0 Å². The largest absolute Gasteiger partial charge is 0.481 e. The molecule has 1 unspecified atom stereocenters. The highest BCUT2D eigenvalue weighted by Gasteiger charge is 2.35. The fourth-order valence-corrected chi connectivity index (χ4v) is 2.19. The van der Waals surface area contributed by atoms with Gasteiger partial charge in [-0.2, -0.15) is 0 Å². The topological polar surface area (TPSA) is 29.5 Å². The summed E-state index contributed by atoms with van der Waals surface area (Å²) in [4.78, 5) is 14.5. The van der Waals surface area contributed by atoms with Crippen molar-refractivity contribution >= 4 is 5.91 Å². The molecule has 3 heteroatoms. The third-order valence-electron chi connectivity index (χ3n) is 3.24. The van der Waals surface area contributed by atoms with Crippen LogP contribution in [0.2, 0.25) is 0 Å². The lowest BCUT2D eigenvalue weighted by atomic mass is 10.2. The van der Waals surface area contributed by atoms with Gasteiger partial charge in [-0.05, 0) is 37.8 Å². The number of amides is 1. The average Bonchev–Trinajstić information content (AvgIpc) is 3.20. The molecule has 0 aromatic heterocycles. The van der Waals surface area contributed by atoms with E-state index < -0.39 is 6.10 Å². The summed E-state index contributed by atoms with van der Waals surface area (Å²) in [7, 11) is 0. The first kappa shape index (κ1) is 13.9. The van der Waals surface area contributed by atoms with E-state index >= 15 is 0 Å². The standard InChI is InChI=1S/C16H23NO2/c1-12(2)11-17(14-9-10-14)16(18)13(3)19-15-7-5-4-6-8-15/h4-8,12-14H,9-11H2,1-3H3. The van der Waals surface area contributed by atoms with Gasteiger partial charge >= 0.3 is 0 Å². The second-order valence-electron chi connectivity index (χ2n) is 5.69. The van der Waals surface area contributed by atoms with Crippen molar-refractivity contribution in [2.24, 2.45) is 5.92 Å². The van der Waals surface area contributed by atoms with Crippen LogP contribution in [0.1, 0.15) is 33.6 Å². The van der Waals surface area contributed by atoms with Gasteiger partial charge in [-0.25, -0.2) is 0 Å². The summed E-state index contributed by atoms with van der Waals surface area (Å²) in [5.41, 5.74) is 0. The molecule has 0 bridgehead atoms. The maximum absolute atomic E-state index is 12.5. The minimum absolute atomic E-state index is 0.111. The van der Waals surface area contributed by atoms with Crippen LogP contribution in [0.3, 0.4) is 0 Å². The zero-order chi connectivity index (χ0) is 13.8. The lowest BCUT2D eigenvalue weighted by Gasteiger charge is -2.27. The van der Waals surface area contributed by atoms with E-state index in [1.54, 1.807) is 0 Å². The predicted molar refractivity (Wildman–Crippen MR) is 76.1 cm³/mol. The van der Waals surface area contributed by atoms with Crippen LogP contribution < -0.4 is 4.74 Å². The Balaban J connectivity index is 1.96. The summed E-state index contributed by atoms with van der Waals surface area (Å²) >= 11 is 0. The van der Waals surface area contributed by atoms with Gasteiger partial charge in [0.05, 0.1) is 0 Å². The lowest BCUT2D eigenvalue weighted by molar-refractivity contribution is -0.139. The molecule has 104 valence electrons. The van der Waals surface area contributed by atoms with Crippen molar-refractivity contribution in [2.45, 2.75) is 45.8 Å². The molecule has 1 fully saturated rings. The highest BCUT2D eigenvalue weighted by molar-refractivity contribution is 5.81. The number of hydrogen-bond donors (Lipinski definition) is 0. The van der Waals surface area contributed by atoms with Crippen molar-refractivity contribution in [2.75, 3.05) is 6.54 Å². The highest BCUT2D eigenvalue weighted by atomic mass is 16.5.